The Bertz CT molecular complexity index is 1350. The number of nitrogens with zero attached hydrogens (tertiary/aromatic N) is 4. The second kappa shape index (κ2) is 9.51. The molecule has 11 heteroatoms. The van der Waals surface area contributed by atoms with Crippen molar-refractivity contribution in [1.82, 2.24) is 14.9 Å². The molecule has 1 fully saturated rings. The Morgan fingerprint density at radius 3 is 2.57 bits per heavy atom. The SMILES string of the molecule is Cc1cc(C2=CCN(C(=O)OC(C)(C)C)CC2)cc2c1OCc1c(ncnc1N1CCS(=O)(=O)CC1)N2. The first-order valence-corrected chi connectivity index (χ1v) is 14.3. The number of nitrogens with one attached hydrogen (secondary N) is 1. The molecule has 37 heavy (non-hydrogen) atoms. The van der Waals surface area contributed by atoms with Gasteiger partial charge in [-0.05, 0) is 62.9 Å². The van der Waals surface area contributed by atoms with Gasteiger partial charge in [0.25, 0.3) is 0 Å². The molecule has 0 radical (unpaired) electrons. The van der Waals surface area contributed by atoms with Crippen molar-refractivity contribution in [2.75, 3.05) is 47.9 Å². The van der Waals surface area contributed by atoms with E-state index in [2.05, 4.69) is 33.5 Å². The average molecular weight is 528 g/mol. The minimum absolute atomic E-state index is 0.114. The molecule has 0 aliphatic carbocycles. The number of hydrogen-bond donors (Lipinski definition) is 1. The summed E-state index contributed by atoms with van der Waals surface area (Å²) in [6.07, 6.45) is 4.00. The Hall–Kier alpha value is -3.34. The second-order valence-electron chi connectivity index (χ2n) is 10.7. The maximum atomic E-state index is 12.4. The zero-order valence-electron chi connectivity index (χ0n) is 21.7. The fourth-order valence-corrected chi connectivity index (χ4v) is 5.98. The summed E-state index contributed by atoms with van der Waals surface area (Å²) in [6.45, 7) is 9.78. The van der Waals surface area contributed by atoms with Gasteiger partial charge in [0, 0.05) is 26.2 Å². The minimum Gasteiger partial charge on any atom is -0.486 e. The van der Waals surface area contributed by atoms with Crippen molar-refractivity contribution in [2.24, 2.45) is 0 Å². The first-order valence-electron chi connectivity index (χ1n) is 12.5. The maximum Gasteiger partial charge on any atom is 0.410 e. The molecule has 3 aliphatic heterocycles. The van der Waals surface area contributed by atoms with Gasteiger partial charge in [0.2, 0.25) is 0 Å². The summed E-state index contributed by atoms with van der Waals surface area (Å²) in [5.74, 6) is 2.34. The monoisotopic (exact) mass is 527 g/mol. The van der Waals surface area contributed by atoms with E-state index in [0.29, 0.717) is 37.8 Å². The van der Waals surface area contributed by atoms with Gasteiger partial charge in [0.15, 0.2) is 9.84 Å². The highest BCUT2D eigenvalue weighted by atomic mass is 32.2. The van der Waals surface area contributed by atoms with Crippen molar-refractivity contribution >= 4 is 38.8 Å². The Morgan fingerprint density at radius 2 is 1.89 bits per heavy atom. The minimum atomic E-state index is -3.00. The van der Waals surface area contributed by atoms with Gasteiger partial charge < -0.3 is 24.6 Å². The number of aromatic nitrogens is 2. The predicted octanol–water partition coefficient (Wildman–Crippen LogP) is 3.68. The van der Waals surface area contributed by atoms with Crippen molar-refractivity contribution in [1.29, 1.82) is 0 Å². The van der Waals surface area contributed by atoms with Gasteiger partial charge in [-0.1, -0.05) is 6.08 Å². The summed E-state index contributed by atoms with van der Waals surface area (Å²) in [4.78, 5) is 25.1. The van der Waals surface area contributed by atoms with Crippen LogP contribution in [0.25, 0.3) is 5.57 Å². The van der Waals surface area contributed by atoms with Crippen molar-refractivity contribution in [3.8, 4) is 5.75 Å². The normalized spacial score (nSPS) is 19.0. The van der Waals surface area contributed by atoms with Gasteiger partial charge in [0.1, 0.15) is 35.9 Å². The molecule has 1 aromatic heterocycles. The van der Waals surface area contributed by atoms with E-state index >= 15 is 0 Å². The highest BCUT2D eigenvalue weighted by molar-refractivity contribution is 7.91. The van der Waals surface area contributed by atoms with Crippen LogP contribution in [0.3, 0.4) is 0 Å². The van der Waals surface area contributed by atoms with E-state index < -0.39 is 15.4 Å². The molecule has 0 unspecified atom stereocenters. The predicted molar refractivity (Wildman–Crippen MR) is 142 cm³/mol. The number of carbonyl (C=O) groups is 1. The van der Waals surface area contributed by atoms with Crippen molar-refractivity contribution in [2.45, 2.75) is 46.3 Å². The lowest BCUT2D eigenvalue weighted by Crippen LogP contribution is -2.41. The number of fused-ring (bicyclic) bond motifs is 2. The van der Waals surface area contributed by atoms with Gasteiger partial charge in [-0.25, -0.2) is 23.2 Å². The topological polar surface area (TPSA) is 114 Å². The lowest BCUT2D eigenvalue weighted by molar-refractivity contribution is 0.0270. The highest BCUT2D eigenvalue weighted by Crippen LogP contribution is 2.40. The third-order valence-corrected chi connectivity index (χ3v) is 8.30. The van der Waals surface area contributed by atoms with E-state index in [4.69, 9.17) is 9.47 Å². The second-order valence-corrected chi connectivity index (χ2v) is 13.0. The smallest absolute Gasteiger partial charge is 0.410 e. The lowest BCUT2D eigenvalue weighted by atomic mass is 9.97. The molecule has 0 bridgehead atoms. The van der Waals surface area contributed by atoms with Crippen LogP contribution in [0, 0.1) is 6.92 Å². The van der Waals surface area contributed by atoms with Crippen LogP contribution in [0.4, 0.5) is 22.1 Å². The molecule has 0 atom stereocenters. The van der Waals surface area contributed by atoms with Crippen molar-refractivity contribution in [3.05, 3.63) is 41.2 Å². The summed E-state index contributed by atoms with van der Waals surface area (Å²) in [5, 5.41) is 3.44. The molecule has 5 rings (SSSR count). The third kappa shape index (κ3) is 5.51. The molecule has 1 saturated heterocycles. The van der Waals surface area contributed by atoms with Crippen LogP contribution in [0.15, 0.2) is 24.5 Å². The average Bonchev–Trinajstić information content (AvgIpc) is 3.03. The Morgan fingerprint density at radius 1 is 1.14 bits per heavy atom. The van der Waals surface area contributed by atoms with E-state index in [0.717, 1.165) is 40.1 Å². The first-order chi connectivity index (χ1) is 17.5. The van der Waals surface area contributed by atoms with Crippen LogP contribution < -0.4 is 15.0 Å². The Balaban J connectivity index is 1.38. The van der Waals surface area contributed by atoms with Crippen LogP contribution in [-0.4, -0.2) is 72.7 Å². The summed E-state index contributed by atoms with van der Waals surface area (Å²) in [5.41, 5.74) is 4.32. The number of aryl methyl sites for hydroxylation is 1. The number of rotatable bonds is 2. The van der Waals surface area contributed by atoms with Gasteiger partial charge in [-0.15, -0.1) is 0 Å². The van der Waals surface area contributed by atoms with Gasteiger partial charge in [0.05, 0.1) is 22.8 Å². The Kier molecular flexibility index (Phi) is 6.51. The molecule has 1 amide bonds. The molecule has 0 spiro atoms. The number of hydrogen-bond acceptors (Lipinski definition) is 9. The molecular weight excluding hydrogens is 494 g/mol. The van der Waals surface area contributed by atoms with Gasteiger partial charge in [-0.2, -0.15) is 0 Å². The molecule has 1 aromatic carbocycles. The number of benzene rings is 1. The molecule has 4 heterocycles. The van der Waals surface area contributed by atoms with Crippen LogP contribution in [0.2, 0.25) is 0 Å². The number of ether oxygens (including phenoxy) is 2. The number of amides is 1. The molecule has 3 aliphatic rings. The molecule has 1 N–H and O–H groups in total. The molecule has 2 aromatic rings. The van der Waals surface area contributed by atoms with Gasteiger partial charge in [-0.3, -0.25) is 0 Å². The maximum absolute atomic E-state index is 12.4. The lowest BCUT2D eigenvalue weighted by Gasteiger charge is -2.30. The van der Waals surface area contributed by atoms with E-state index in [9.17, 15) is 13.2 Å². The standard InChI is InChI=1S/C26H33N5O5S/c1-17-13-19(18-5-7-31(8-6-18)25(32)36-26(2,3)4)14-21-22(17)35-15-20-23(29-21)27-16-28-24(20)30-9-11-37(33,34)12-10-30/h5,13-14,16H,6-12,15H2,1-4H3,(H,27,28,29). The number of anilines is 3. The zero-order valence-corrected chi connectivity index (χ0v) is 22.5. The van der Waals surface area contributed by atoms with E-state index in [-0.39, 0.29) is 24.2 Å². The summed E-state index contributed by atoms with van der Waals surface area (Å²) in [6, 6.07) is 4.16. The fourth-order valence-electron chi connectivity index (χ4n) is 4.78. The molecular formula is C26H33N5O5S. The van der Waals surface area contributed by atoms with E-state index in [1.165, 1.54) is 6.33 Å². The zero-order chi connectivity index (χ0) is 26.4. The van der Waals surface area contributed by atoms with Crippen LogP contribution in [-0.2, 0) is 21.2 Å². The summed E-state index contributed by atoms with van der Waals surface area (Å²) in [7, 11) is -3.00. The third-order valence-electron chi connectivity index (χ3n) is 6.69. The fraction of sp³-hybridized carbons (Fsp3) is 0.500. The van der Waals surface area contributed by atoms with Crippen molar-refractivity contribution in [3.63, 3.8) is 0 Å². The van der Waals surface area contributed by atoms with Crippen molar-refractivity contribution < 1.29 is 22.7 Å². The molecule has 0 saturated carbocycles. The summed E-state index contributed by atoms with van der Waals surface area (Å²) < 4.78 is 35.5. The Labute approximate surface area is 217 Å². The first kappa shape index (κ1) is 25.3. The quantitative estimate of drug-likeness (QED) is 0.625. The van der Waals surface area contributed by atoms with Crippen LogP contribution in [0.5, 0.6) is 5.75 Å². The van der Waals surface area contributed by atoms with Crippen LogP contribution in [0.1, 0.15) is 43.9 Å². The van der Waals surface area contributed by atoms with Gasteiger partial charge >= 0.3 is 6.09 Å². The van der Waals surface area contributed by atoms with Crippen LogP contribution >= 0.6 is 0 Å². The largest absolute Gasteiger partial charge is 0.486 e. The van der Waals surface area contributed by atoms with E-state index in [1.54, 1.807) is 4.90 Å². The highest BCUT2D eigenvalue weighted by Gasteiger charge is 2.28. The number of carbonyl (C=O) groups excluding carboxylic acids is 1. The molecule has 10 nitrogen and oxygen atoms in total. The summed E-state index contributed by atoms with van der Waals surface area (Å²) >= 11 is 0. The van der Waals surface area contributed by atoms with E-state index in [1.807, 2.05) is 32.6 Å². The molecule has 198 valence electrons. The number of sulfone groups is 1.